The van der Waals surface area contributed by atoms with E-state index in [4.69, 9.17) is 16.6 Å². The summed E-state index contributed by atoms with van der Waals surface area (Å²) >= 11 is 7.00. The van der Waals surface area contributed by atoms with Gasteiger partial charge in [-0.25, -0.2) is 9.67 Å². The van der Waals surface area contributed by atoms with Crippen LogP contribution in [0.15, 0.2) is 34.1 Å². The van der Waals surface area contributed by atoms with E-state index in [1.807, 2.05) is 12.3 Å². The van der Waals surface area contributed by atoms with Gasteiger partial charge in [0.05, 0.1) is 23.8 Å². The van der Waals surface area contributed by atoms with Crippen molar-refractivity contribution in [1.29, 1.82) is 0 Å². The van der Waals surface area contributed by atoms with Crippen LogP contribution in [-0.4, -0.2) is 50.7 Å². The van der Waals surface area contributed by atoms with Crippen LogP contribution in [0, 0.1) is 18.7 Å². The SMILES string of the molecule is Cc1cccc(CN2CCN(Cn3nc(Cc4csc(C)n4)oc3=S)CC2)c1. The van der Waals surface area contributed by atoms with E-state index in [1.54, 1.807) is 16.0 Å². The van der Waals surface area contributed by atoms with Gasteiger partial charge in [-0.05, 0) is 31.6 Å². The first kappa shape index (κ1) is 19.4. The van der Waals surface area contributed by atoms with E-state index < -0.39 is 0 Å². The summed E-state index contributed by atoms with van der Waals surface area (Å²) in [5.74, 6) is 0.633. The van der Waals surface area contributed by atoms with Gasteiger partial charge in [-0.1, -0.05) is 29.8 Å². The number of thiazole rings is 1. The average Bonchev–Trinajstić information content (AvgIpc) is 3.22. The minimum absolute atomic E-state index is 0.434. The molecular weight excluding hydrogens is 390 g/mol. The van der Waals surface area contributed by atoms with Crippen molar-refractivity contribution in [3.63, 3.8) is 0 Å². The second-order valence-corrected chi connectivity index (χ2v) is 8.73. The molecule has 2 aromatic heterocycles. The molecule has 1 aromatic carbocycles. The molecule has 8 heteroatoms. The van der Waals surface area contributed by atoms with Gasteiger partial charge in [0.25, 0.3) is 4.84 Å². The number of piperazine rings is 1. The number of aromatic nitrogens is 3. The molecule has 1 saturated heterocycles. The Morgan fingerprint density at radius 1 is 1.14 bits per heavy atom. The molecular formula is C20H25N5OS2. The zero-order valence-electron chi connectivity index (χ0n) is 16.3. The van der Waals surface area contributed by atoms with E-state index in [0.717, 1.165) is 43.4 Å². The van der Waals surface area contributed by atoms with Gasteiger partial charge in [0.15, 0.2) is 0 Å². The van der Waals surface area contributed by atoms with Crippen LogP contribution in [0.4, 0.5) is 0 Å². The van der Waals surface area contributed by atoms with Crippen LogP contribution in [0.5, 0.6) is 0 Å². The lowest BCUT2D eigenvalue weighted by molar-refractivity contribution is 0.0973. The summed E-state index contributed by atoms with van der Waals surface area (Å²) in [5.41, 5.74) is 3.69. The summed E-state index contributed by atoms with van der Waals surface area (Å²) in [6.45, 7) is 9.93. The molecule has 4 rings (SSSR count). The van der Waals surface area contributed by atoms with E-state index >= 15 is 0 Å². The molecule has 6 nitrogen and oxygen atoms in total. The highest BCUT2D eigenvalue weighted by molar-refractivity contribution is 7.71. The van der Waals surface area contributed by atoms with Crippen LogP contribution in [0.2, 0.25) is 0 Å². The third-order valence-electron chi connectivity index (χ3n) is 4.93. The molecule has 0 spiro atoms. The largest absolute Gasteiger partial charge is 0.414 e. The van der Waals surface area contributed by atoms with Crippen LogP contribution in [0.3, 0.4) is 0 Å². The van der Waals surface area contributed by atoms with Gasteiger partial charge < -0.3 is 4.42 Å². The van der Waals surface area contributed by atoms with Crippen molar-refractivity contribution < 1.29 is 4.42 Å². The quantitative estimate of drug-likeness (QED) is 0.573. The maximum Gasteiger partial charge on any atom is 0.288 e. The van der Waals surface area contributed by atoms with Crippen LogP contribution in [0.1, 0.15) is 27.7 Å². The summed E-state index contributed by atoms with van der Waals surface area (Å²) in [7, 11) is 0. The number of nitrogens with zero attached hydrogens (tertiary/aromatic N) is 5. The van der Waals surface area contributed by atoms with Crippen molar-refractivity contribution in [3.05, 3.63) is 62.2 Å². The number of aryl methyl sites for hydroxylation is 2. The molecule has 0 atom stereocenters. The maximum absolute atomic E-state index is 5.67. The zero-order valence-corrected chi connectivity index (χ0v) is 17.9. The van der Waals surface area contributed by atoms with Crippen LogP contribution >= 0.6 is 23.6 Å². The molecule has 1 aliphatic heterocycles. The summed E-state index contributed by atoms with van der Waals surface area (Å²) in [5, 5.41) is 7.65. The predicted octanol–water partition coefficient (Wildman–Crippen LogP) is 3.65. The summed E-state index contributed by atoms with van der Waals surface area (Å²) < 4.78 is 7.47. The van der Waals surface area contributed by atoms with Gasteiger partial charge in [-0.15, -0.1) is 16.4 Å². The van der Waals surface area contributed by atoms with E-state index in [2.05, 4.69) is 51.1 Å². The fourth-order valence-electron chi connectivity index (χ4n) is 3.50. The Balaban J connectivity index is 1.30. The van der Waals surface area contributed by atoms with Crippen molar-refractivity contribution in [1.82, 2.24) is 24.6 Å². The fourth-order valence-corrected chi connectivity index (χ4v) is 4.31. The lowest BCUT2D eigenvalue weighted by Crippen LogP contribution is -2.46. The third kappa shape index (κ3) is 4.94. The van der Waals surface area contributed by atoms with E-state index in [-0.39, 0.29) is 0 Å². The Hall–Kier alpha value is -1.87. The molecule has 0 unspecified atom stereocenters. The molecule has 0 N–H and O–H groups in total. The van der Waals surface area contributed by atoms with Crippen molar-refractivity contribution in [3.8, 4) is 0 Å². The van der Waals surface area contributed by atoms with Crippen molar-refractivity contribution in [2.24, 2.45) is 0 Å². The Kier molecular flexibility index (Phi) is 6.01. The molecule has 28 heavy (non-hydrogen) atoms. The molecule has 3 heterocycles. The molecule has 3 aromatic rings. The van der Waals surface area contributed by atoms with E-state index in [1.165, 1.54) is 11.1 Å². The normalized spacial score (nSPS) is 15.9. The van der Waals surface area contributed by atoms with E-state index in [9.17, 15) is 0 Å². The van der Waals surface area contributed by atoms with Crippen LogP contribution < -0.4 is 0 Å². The molecule has 0 radical (unpaired) electrons. The minimum atomic E-state index is 0.434. The molecule has 1 fully saturated rings. The molecule has 0 bridgehead atoms. The molecule has 1 aliphatic rings. The Morgan fingerprint density at radius 3 is 2.64 bits per heavy atom. The van der Waals surface area contributed by atoms with Crippen LogP contribution in [0.25, 0.3) is 0 Å². The van der Waals surface area contributed by atoms with Gasteiger partial charge in [-0.2, -0.15) is 0 Å². The monoisotopic (exact) mass is 415 g/mol. The Morgan fingerprint density at radius 2 is 1.93 bits per heavy atom. The van der Waals surface area contributed by atoms with E-state index in [0.29, 0.717) is 23.8 Å². The first-order valence-electron chi connectivity index (χ1n) is 9.53. The molecule has 0 saturated carbocycles. The first-order chi connectivity index (χ1) is 13.5. The van der Waals surface area contributed by atoms with Crippen molar-refractivity contribution in [2.45, 2.75) is 33.5 Å². The highest BCUT2D eigenvalue weighted by Crippen LogP contribution is 2.14. The minimum Gasteiger partial charge on any atom is -0.414 e. The van der Waals surface area contributed by atoms with Gasteiger partial charge in [-0.3, -0.25) is 9.80 Å². The van der Waals surface area contributed by atoms with Crippen molar-refractivity contribution >= 4 is 23.6 Å². The Labute approximate surface area is 174 Å². The second kappa shape index (κ2) is 8.65. The average molecular weight is 416 g/mol. The number of rotatable bonds is 6. The maximum atomic E-state index is 5.67. The highest BCUT2D eigenvalue weighted by Gasteiger charge is 2.19. The number of hydrogen-bond donors (Lipinski definition) is 0. The molecule has 0 aliphatic carbocycles. The lowest BCUT2D eigenvalue weighted by atomic mass is 10.1. The highest BCUT2D eigenvalue weighted by atomic mass is 32.1. The molecule has 0 amide bonds. The second-order valence-electron chi connectivity index (χ2n) is 7.32. The van der Waals surface area contributed by atoms with Crippen LogP contribution in [-0.2, 0) is 19.6 Å². The fraction of sp³-hybridized carbons (Fsp3) is 0.450. The van der Waals surface area contributed by atoms with Gasteiger partial charge in [0, 0.05) is 38.1 Å². The molecule has 148 valence electrons. The van der Waals surface area contributed by atoms with Gasteiger partial charge >= 0.3 is 0 Å². The summed E-state index contributed by atoms with van der Waals surface area (Å²) in [6, 6.07) is 8.76. The Bertz CT molecular complexity index is 984. The standard InChI is InChI=1S/C20H25N5OS2/c1-15-4-3-5-17(10-15)12-23-6-8-24(9-7-23)14-25-20(27)26-19(22-25)11-18-13-28-16(2)21-18/h3-5,10,13H,6-9,11-12,14H2,1-2H3. The topological polar surface area (TPSA) is 50.3 Å². The smallest absolute Gasteiger partial charge is 0.288 e. The summed E-state index contributed by atoms with van der Waals surface area (Å²) in [6.07, 6.45) is 0.589. The first-order valence-corrected chi connectivity index (χ1v) is 10.8. The van der Waals surface area contributed by atoms with Crippen molar-refractivity contribution in [2.75, 3.05) is 26.2 Å². The summed E-state index contributed by atoms with van der Waals surface area (Å²) in [4.78, 5) is 9.78. The van der Waals surface area contributed by atoms with Gasteiger partial charge in [0.2, 0.25) is 5.89 Å². The van der Waals surface area contributed by atoms with Gasteiger partial charge in [0.1, 0.15) is 0 Å². The number of benzene rings is 1. The predicted molar refractivity (Wildman–Crippen MR) is 113 cm³/mol. The zero-order chi connectivity index (χ0) is 19.5. The number of hydrogen-bond acceptors (Lipinski definition) is 7. The lowest BCUT2D eigenvalue weighted by Gasteiger charge is -2.34. The third-order valence-corrected chi connectivity index (χ3v) is 6.05.